The molecule has 15 nitrogen and oxygen atoms in total. The van der Waals surface area contributed by atoms with Gasteiger partial charge in [-0.05, 0) is 37.3 Å². The molecule has 1 unspecified atom stereocenters. The third kappa shape index (κ3) is 4.58. The smallest absolute Gasteiger partial charge is 0.369 e. The van der Waals surface area contributed by atoms with Crippen LogP contribution in [0, 0.1) is 5.82 Å². The topological polar surface area (TPSA) is 207 Å². The predicted molar refractivity (Wildman–Crippen MR) is 130 cm³/mol. The Balaban J connectivity index is 1.48. The van der Waals surface area contributed by atoms with Crippen molar-refractivity contribution in [1.29, 1.82) is 0 Å². The maximum absolute atomic E-state index is 14.2. The number of hydrogen-bond acceptors (Lipinski definition) is 10. The summed E-state index contributed by atoms with van der Waals surface area (Å²) >= 11 is 3.26. The highest BCUT2D eigenvalue weighted by Crippen LogP contribution is 2.54. The molecule has 3 heterocycles. The standard InChI is InChI=1S/C20H18BrFN9O6P/c1-2-36-19(32)20(38(33,34)35,8-17-25-28-29-26-17)37-9-15-12-4-3-11(7-14(12)23-24-15)31-16-6-10(21)5-13(22)18(16)27-30-31/h3-7H,2,8-9H2,1H3,(H,23,24)(H2,33,34,35)(H,25,26,28,29). The van der Waals surface area contributed by atoms with Crippen LogP contribution in [0.5, 0.6) is 0 Å². The van der Waals surface area contributed by atoms with Crippen LogP contribution in [0.15, 0.2) is 34.8 Å². The van der Waals surface area contributed by atoms with Gasteiger partial charge in [-0.25, -0.2) is 13.9 Å². The minimum absolute atomic E-state index is 0.0961. The molecule has 18 heteroatoms. The number of benzene rings is 2. The fourth-order valence-electron chi connectivity index (χ4n) is 3.83. The van der Waals surface area contributed by atoms with E-state index >= 15 is 0 Å². The minimum atomic E-state index is -5.29. The summed E-state index contributed by atoms with van der Waals surface area (Å²) in [7, 11) is -5.29. The van der Waals surface area contributed by atoms with E-state index in [1.807, 2.05) is 0 Å². The number of fused-ring (bicyclic) bond motifs is 2. The van der Waals surface area contributed by atoms with Crippen molar-refractivity contribution in [2.75, 3.05) is 6.61 Å². The van der Waals surface area contributed by atoms with E-state index in [0.29, 0.717) is 32.3 Å². The Kier molecular flexibility index (Phi) is 6.79. The van der Waals surface area contributed by atoms with Gasteiger partial charge in [0.15, 0.2) is 11.6 Å². The molecule has 5 aromatic rings. The van der Waals surface area contributed by atoms with Crippen LogP contribution in [0.4, 0.5) is 4.39 Å². The molecular formula is C20H18BrFN9O6P. The Morgan fingerprint density at radius 1 is 1.24 bits per heavy atom. The van der Waals surface area contributed by atoms with E-state index in [1.165, 1.54) is 17.7 Å². The van der Waals surface area contributed by atoms with Gasteiger partial charge < -0.3 is 19.3 Å². The number of ether oxygens (including phenoxy) is 2. The zero-order valence-electron chi connectivity index (χ0n) is 19.4. The first-order valence-corrected chi connectivity index (χ1v) is 13.3. The van der Waals surface area contributed by atoms with Crippen molar-refractivity contribution < 1.29 is 33.0 Å². The Morgan fingerprint density at radius 3 is 2.76 bits per heavy atom. The van der Waals surface area contributed by atoms with Crippen LogP contribution in [0.1, 0.15) is 18.4 Å². The van der Waals surface area contributed by atoms with Crippen LogP contribution in [0.3, 0.4) is 0 Å². The van der Waals surface area contributed by atoms with Gasteiger partial charge in [0.2, 0.25) is 0 Å². The number of esters is 1. The molecule has 0 saturated carbocycles. The first kappa shape index (κ1) is 26.0. The lowest BCUT2D eigenvalue weighted by atomic mass is 10.2. The summed E-state index contributed by atoms with van der Waals surface area (Å²) in [6, 6.07) is 7.96. The zero-order valence-corrected chi connectivity index (χ0v) is 21.8. The van der Waals surface area contributed by atoms with Crippen LogP contribution < -0.4 is 0 Å². The van der Waals surface area contributed by atoms with Crippen LogP contribution >= 0.6 is 23.5 Å². The number of nitrogens with one attached hydrogen (secondary N) is 2. The zero-order chi connectivity index (χ0) is 27.1. The van der Waals surface area contributed by atoms with Crippen molar-refractivity contribution in [2.45, 2.75) is 25.3 Å². The van der Waals surface area contributed by atoms with E-state index in [4.69, 9.17) is 9.47 Å². The van der Waals surface area contributed by atoms with Gasteiger partial charge in [-0.3, -0.25) is 9.66 Å². The monoisotopic (exact) mass is 609 g/mol. The number of halogens is 2. The molecule has 0 aliphatic heterocycles. The number of nitrogens with zero attached hydrogens (tertiary/aromatic N) is 7. The molecule has 0 aliphatic carbocycles. The van der Waals surface area contributed by atoms with Crippen molar-refractivity contribution in [2.24, 2.45) is 0 Å². The molecule has 0 amide bonds. The quantitative estimate of drug-likeness (QED) is 0.139. The van der Waals surface area contributed by atoms with Gasteiger partial charge in [-0.2, -0.15) is 10.3 Å². The van der Waals surface area contributed by atoms with Crippen molar-refractivity contribution in [3.63, 3.8) is 0 Å². The van der Waals surface area contributed by atoms with Crippen LogP contribution in [0.2, 0.25) is 0 Å². The summed E-state index contributed by atoms with van der Waals surface area (Å²) < 4.78 is 39.3. The molecule has 4 N–H and O–H groups in total. The maximum Gasteiger partial charge on any atom is 0.369 e. The molecule has 2 aromatic carbocycles. The van der Waals surface area contributed by atoms with Crippen molar-refractivity contribution in [1.82, 2.24) is 45.8 Å². The molecule has 3 aromatic heterocycles. The summed E-state index contributed by atoms with van der Waals surface area (Å²) in [4.78, 5) is 33.1. The highest BCUT2D eigenvalue weighted by Gasteiger charge is 2.57. The summed E-state index contributed by atoms with van der Waals surface area (Å²) in [5.74, 6) is -1.97. The molecule has 0 spiro atoms. The fourth-order valence-corrected chi connectivity index (χ4v) is 5.13. The number of rotatable bonds is 9. The van der Waals surface area contributed by atoms with Gasteiger partial charge in [-0.15, -0.1) is 15.3 Å². The van der Waals surface area contributed by atoms with Crippen LogP contribution in [0.25, 0.3) is 27.6 Å². The van der Waals surface area contributed by atoms with Gasteiger partial charge >= 0.3 is 13.6 Å². The predicted octanol–water partition coefficient (Wildman–Crippen LogP) is 1.91. The SMILES string of the molecule is CCOC(=O)C(Cc1nn[nH]n1)(OCc1[nH]nc2cc(-n3nnc4c(F)cc(Br)cc43)ccc12)P(=O)(O)O. The van der Waals surface area contributed by atoms with E-state index < -0.39 is 37.8 Å². The minimum Gasteiger partial charge on any atom is -0.463 e. The molecule has 1 atom stereocenters. The molecule has 0 saturated heterocycles. The second-order valence-corrected chi connectivity index (χ2v) is 10.7. The van der Waals surface area contributed by atoms with E-state index in [0.717, 1.165) is 0 Å². The van der Waals surface area contributed by atoms with Gasteiger partial charge in [-0.1, -0.05) is 26.4 Å². The van der Waals surface area contributed by atoms with E-state index in [9.17, 15) is 23.5 Å². The number of aromatic nitrogens is 9. The highest BCUT2D eigenvalue weighted by molar-refractivity contribution is 9.10. The number of hydrogen-bond donors (Lipinski definition) is 4. The third-order valence-electron chi connectivity index (χ3n) is 5.64. The normalized spacial score (nSPS) is 13.7. The van der Waals surface area contributed by atoms with E-state index in [1.54, 1.807) is 24.3 Å². The summed E-state index contributed by atoms with van der Waals surface area (Å²) in [5.41, 5.74) is 1.82. The van der Waals surface area contributed by atoms with Gasteiger partial charge in [0.05, 0.1) is 42.0 Å². The molecular weight excluding hydrogens is 592 g/mol. The van der Waals surface area contributed by atoms with Gasteiger partial charge in [0.1, 0.15) is 5.52 Å². The van der Waals surface area contributed by atoms with Crippen LogP contribution in [-0.2, 0) is 31.9 Å². The lowest BCUT2D eigenvalue weighted by molar-refractivity contribution is -0.164. The lowest BCUT2D eigenvalue weighted by Gasteiger charge is -2.30. The summed E-state index contributed by atoms with van der Waals surface area (Å²) in [6.45, 7) is 0.882. The number of carbonyl (C=O) groups excluding carboxylic acids is 1. The molecule has 0 fully saturated rings. The largest absolute Gasteiger partial charge is 0.463 e. The molecule has 5 rings (SSSR count). The van der Waals surface area contributed by atoms with Crippen molar-refractivity contribution in [3.05, 3.63) is 52.1 Å². The second kappa shape index (κ2) is 9.92. The highest BCUT2D eigenvalue weighted by atomic mass is 79.9. The molecule has 0 radical (unpaired) electrons. The Morgan fingerprint density at radius 2 is 2.05 bits per heavy atom. The number of aromatic amines is 2. The first-order valence-electron chi connectivity index (χ1n) is 10.9. The Hall–Kier alpha value is -3.63. The molecule has 38 heavy (non-hydrogen) atoms. The van der Waals surface area contributed by atoms with E-state index in [-0.39, 0.29) is 17.9 Å². The lowest BCUT2D eigenvalue weighted by Crippen LogP contribution is -2.45. The first-order chi connectivity index (χ1) is 18.1. The molecule has 198 valence electrons. The maximum atomic E-state index is 14.2. The summed E-state index contributed by atoms with van der Waals surface area (Å²) in [6.07, 6.45) is -0.700. The van der Waals surface area contributed by atoms with Gasteiger partial charge in [0, 0.05) is 9.86 Å². The second-order valence-electron chi connectivity index (χ2n) is 8.00. The van der Waals surface area contributed by atoms with E-state index in [2.05, 4.69) is 57.1 Å². The number of H-pyrrole nitrogens is 2. The van der Waals surface area contributed by atoms with Crippen molar-refractivity contribution >= 4 is 51.4 Å². The molecule has 0 aliphatic rings. The summed E-state index contributed by atoms with van der Waals surface area (Å²) in [5, 5.41) is 25.6. The molecule has 0 bridgehead atoms. The Bertz CT molecular complexity index is 1690. The number of tetrazole rings is 1. The average molecular weight is 610 g/mol. The third-order valence-corrected chi connectivity index (χ3v) is 7.51. The average Bonchev–Trinajstić information content (AvgIpc) is 3.60. The Labute approximate surface area is 220 Å². The van der Waals surface area contributed by atoms with Gasteiger partial charge in [0.25, 0.3) is 5.34 Å². The fraction of sp³-hybridized carbons (Fsp3) is 0.250. The number of carbonyl (C=O) groups is 1. The van der Waals surface area contributed by atoms with Crippen molar-refractivity contribution in [3.8, 4) is 5.69 Å². The van der Waals surface area contributed by atoms with Crippen LogP contribution in [-0.4, -0.2) is 73.5 Å².